The average molecular weight is 371 g/mol. The number of aryl methyl sites for hydroxylation is 1. The predicted molar refractivity (Wildman–Crippen MR) is 99.2 cm³/mol. The second-order valence-corrected chi connectivity index (χ2v) is 5.81. The van der Waals surface area contributed by atoms with Crippen molar-refractivity contribution in [3.8, 4) is 5.75 Å². The Morgan fingerprint density at radius 1 is 0.889 bits per heavy atom. The van der Waals surface area contributed by atoms with Crippen LogP contribution in [0.3, 0.4) is 0 Å². The SMILES string of the molecule is COC(=O)c1cc(NC(=O)Cc2ccc(OC)c(C)c2)cc(C(=O)OC)c1. The van der Waals surface area contributed by atoms with Gasteiger partial charge in [0.2, 0.25) is 5.91 Å². The standard InChI is InChI=1S/C20H21NO6/c1-12-7-13(5-6-17(12)25-2)8-18(22)21-16-10-14(19(23)26-3)9-15(11-16)20(24)27-4/h5-7,9-11H,8H2,1-4H3,(H,21,22). The van der Waals surface area contributed by atoms with Crippen LogP contribution in [-0.2, 0) is 20.7 Å². The lowest BCUT2D eigenvalue weighted by Crippen LogP contribution is -2.16. The van der Waals surface area contributed by atoms with Crippen LogP contribution in [0.5, 0.6) is 5.75 Å². The number of benzene rings is 2. The van der Waals surface area contributed by atoms with Gasteiger partial charge >= 0.3 is 11.9 Å². The van der Waals surface area contributed by atoms with Crippen molar-refractivity contribution in [2.75, 3.05) is 26.6 Å². The van der Waals surface area contributed by atoms with Crippen LogP contribution in [0.2, 0.25) is 0 Å². The van der Waals surface area contributed by atoms with E-state index in [4.69, 9.17) is 4.74 Å². The van der Waals surface area contributed by atoms with Gasteiger partial charge in [-0.2, -0.15) is 0 Å². The number of carbonyl (C=O) groups excluding carboxylic acids is 3. The largest absolute Gasteiger partial charge is 0.496 e. The van der Waals surface area contributed by atoms with E-state index in [1.807, 2.05) is 13.0 Å². The fourth-order valence-electron chi connectivity index (χ4n) is 2.61. The molecule has 1 N–H and O–H groups in total. The average Bonchev–Trinajstić information content (AvgIpc) is 2.66. The number of carbonyl (C=O) groups is 3. The number of rotatable bonds is 6. The van der Waals surface area contributed by atoms with Crippen molar-refractivity contribution in [3.05, 3.63) is 58.7 Å². The lowest BCUT2D eigenvalue weighted by atomic mass is 10.1. The van der Waals surface area contributed by atoms with Crippen LogP contribution < -0.4 is 10.1 Å². The summed E-state index contributed by atoms with van der Waals surface area (Å²) in [5.74, 6) is -0.797. The quantitative estimate of drug-likeness (QED) is 0.785. The minimum Gasteiger partial charge on any atom is -0.496 e. The van der Waals surface area contributed by atoms with Gasteiger partial charge in [0.1, 0.15) is 5.75 Å². The first-order valence-corrected chi connectivity index (χ1v) is 8.13. The Labute approximate surface area is 157 Å². The molecule has 0 radical (unpaired) electrons. The Kier molecular flexibility index (Phi) is 6.54. The van der Waals surface area contributed by atoms with Gasteiger partial charge in [0.15, 0.2) is 0 Å². The summed E-state index contributed by atoms with van der Waals surface area (Å²) in [4.78, 5) is 36.0. The lowest BCUT2D eigenvalue weighted by Gasteiger charge is -2.10. The number of hydrogen-bond acceptors (Lipinski definition) is 6. The van der Waals surface area contributed by atoms with E-state index in [1.54, 1.807) is 19.2 Å². The Hall–Kier alpha value is -3.35. The molecule has 0 saturated heterocycles. The molecule has 0 aliphatic rings. The summed E-state index contributed by atoms with van der Waals surface area (Å²) in [6.07, 6.45) is 0.126. The van der Waals surface area contributed by atoms with Crippen LogP contribution in [0, 0.1) is 6.92 Å². The van der Waals surface area contributed by atoms with Crippen molar-refractivity contribution < 1.29 is 28.6 Å². The second-order valence-electron chi connectivity index (χ2n) is 5.81. The van der Waals surface area contributed by atoms with E-state index in [0.717, 1.165) is 16.9 Å². The van der Waals surface area contributed by atoms with Crippen molar-refractivity contribution in [2.45, 2.75) is 13.3 Å². The van der Waals surface area contributed by atoms with Gasteiger partial charge in [-0.25, -0.2) is 9.59 Å². The monoisotopic (exact) mass is 371 g/mol. The molecule has 0 bridgehead atoms. The Morgan fingerprint density at radius 2 is 1.48 bits per heavy atom. The summed E-state index contributed by atoms with van der Waals surface area (Å²) in [6.45, 7) is 1.89. The van der Waals surface area contributed by atoms with E-state index in [0.29, 0.717) is 5.69 Å². The van der Waals surface area contributed by atoms with Gasteiger partial charge in [-0.1, -0.05) is 12.1 Å². The number of hydrogen-bond donors (Lipinski definition) is 1. The third kappa shape index (κ3) is 5.07. The van der Waals surface area contributed by atoms with Crippen LogP contribution in [0.25, 0.3) is 0 Å². The zero-order chi connectivity index (χ0) is 20.0. The molecule has 0 fully saturated rings. The highest BCUT2D eigenvalue weighted by Gasteiger charge is 2.15. The van der Waals surface area contributed by atoms with E-state index in [1.165, 1.54) is 32.4 Å². The molecule has 0 saturated carbocycles. The van der Waals surface area contributed by atoms with Gasteiger partial charge in [0.05, 0.1) is 38.9 Å². The maximum atomic E-state index is 12.4. The molecule has 0 aliphatic heterocycles. The maximum absolute atomic E-state index is 12.4. The van der Waals surface area contributed by atoms with E-state index in [9.17, 15) is 14.4 Å². The zero-order valence-corrected chi connectivity index (χ0v) is 15.6. The molecule has 2 rings (SSSR count). The summed E-state index contributed by atoms with van der Waals surface area (Å²) in [6, 6.07) is 9.69. The first kappa shape index (κ1) is 20.0. The molecule has 0 aromatic heterocycles. The van der Waals surface area contributed by atoms with Gasteiger partial charge in [-0.15, -0.1) is 0 Å². The van der Waals surface area contributed by atoms with Gasteiger partial charge in [0.25, 0.3) is 0 Å². The fourth-order valence-corrected chi connectivity index (χ4v) is 2.61. The Bertz CT molecular complexity index is 841. The van der Waals surface area contributed by atoms with Crippen LogP contribution in [0.1, 0.15) is 31.8 Å². The topological polar surface area (TPSA) is 90.9 Å². The van der Waals surface area contributed by atoms with E-state index in [-0.39, 0.29) is 23.5 Å². The van der Waals surface area contributed by atoms with Crippen molar-refractivity contribution in [1.82, 2.24) is 0 Å². The molecule has 1 amide bonds. The van der Waals surface area contributed by atoms with Crippen molar-refractivity contribution in [2.24, 2.45) is 0 Å². The molecule has 2 aromatic rings. The molecule has 0 unspecified atom stereocenters. The van der Waals surface area contributed by atoms with Crippen molar-refractivity contribution in [1.29, 1.82) is 0 Å². The van der Waals surface area contributed by atoms with Gasteiger partial charge in [0, 0.05) is 5.69 Å². The predicted octanol–water partition coefficient (Wildman–Crippen LogP) is 2.76. The summed E-state index contributed by atoms with van der Waals surface area (Å²) in [5, 5.41) is 2.69. The molecule has 27 heavy (non-hydrogen) atoms. The minimum atomic E-state index is -0.623. The van der Waals surface area contributed by atoms with E-state index in [2.05, 4.69) is 14.8 Å². The molecule has 142 valence electrons. The number of ether oxygens (including phenoxy) is 3. The lowest BCUT2D eigenvalue weighted by molar-refractivity contribution is -0.115. The molecule has 0 heterocycles. The number of methoxy groups -OCH3 is 3. The summed E-state index contributed by atoms with van der Waals surface area (Å²) in [5.41, 5.74) is 2.30. The first-order valence-electron chi connectivity index (χ1n) is 8.13. The van der Waals surface area contributed by atoms with E-state index < -0.39 is 11.9 Å². The molecular weight excluding hydrogens is 350 g/mol. The molecule has 7 nitrogen and oxygen atoms in total. The van der Waals surface area contributed by atoms with Gasteiger partial charge < -0.3 is 19.5 Å². The summed E-state index contributed by atoms with van der Waals surface area (Å²) < 4.78 is 14.6. The summed E-state index contributed by atoms with van der Waals surface area (Å²) in [7, 11) is 4.05. The molecule has 7 heteroatoms. The highest BCUT2D eigenvalue weighted by atomic mass is 16.5. The first-order chi connectivity index (χ1) is 12.9. The summed E-state index contributed by atoms with van der Waals surface area (Å²) >= 11 is 0. The number of amides is 1. The Morgan fingerprint density at radius 3 is 1.96 bits per heavy atom. The molecule has 0 spiro atoms. The fraction of sp³-hybridized carbons (Fsp3) is 0.250. The number of nitrogens with one attached hydrogen (secondary N) is 1. The van der Waals surface area contributed by atoms with Crippen LogP contribution in [0.4, 0.5) is 5.69 Å². The number of anilines is 1. The highest BCUT2D eigenvalue weighted by molar-refractivity contribution is 5.99. The van der Waals surface area contributed by atoms with Gasteiger partial charge in [-0.3, -0.25) is 4.79 Å². The third-order valence-corrected chi connectivity index (χ3v) is 3.88. The smallest absolute Gasteiger partial charge is 0.337 e. The zero-order valence-electron chi connectivity index (χ0n) is 15.6. The minimum absolute atomic E-state index is 0.126. The van der Waals surface area contributed by atoms with E-state index >= 15 is 0 Å². The van der Waals surface area contributed by atoms with Crippen LogP contribution in [-0.4, -0.2) is 39.2 Å². The molecular formula is C20H21NO6. The van der Waals surface area contributed by atoms with Crippen LogP contribution in [0.15, 0.2) is 36.4 Å². The molecule has 2 aromatic carbocycles. The Balaban J connectivity index is 2.22. The number of esters is 2. The van der Waals surface area contributed by atoms with Crippen LogP contribution >= 0.6 is 0 Å². The van der Waals surface area contributed by atoms with Gasteiger partial charge in [-0.05, 0) is 42.3 Å². The highest BCUT2D eigenvalue weighted by Crippen LogP contribution is 2.20. The van der Waals surface area contributed by atoms with Crippen molar-refractivity contribution in [3.63, 3.8) is 0 Å². The van der Waals surface area contributed by atoms with Crippen molar-refractivity contribution >= 4 is 23.5 Å². The molecule has 0 atom stereocenters. The maximum Gasteiger partial charge on any atom is 0.337 e. The normalized spacial score (nSPS) is 10.1. The third-order valence-electron chi connectivity index (χ3n) is 3.88. The molecule has 0 aliphatic carbocycles. The second kappa shape index (κ2) is 8.84.